The van der Waals surface area contributed by atoms with E-state index >= 15 is 0 Å². The normalized spacial score (nSPS) is 13.4. The molecular formula is C12H9ClFN3O. The van der Waals surface area contributed by atoms with Crippen LogP contribution < -0.4 is 10.1 Å². The van der Waals surface area contributed by atoms with Gasteiger partial charge >= 0.3 is 0 Å². The lowest BCUT2D eigenvalue weighted by Gasteiger charge is -2.19. The van der Waals surface area contributed by atoms with Crippen molar-refractivity contribution in [2.24, 2.45) is 0 Å². The lowest BCUT2D eigenvalue weighted by atomic mass is 10.2. The van der Waals surface area contributed by atoms with E-state index in [4.69, 9.17) is 16.3 Å². The van der Waals surface area contributed by atoms with Crippen LogP contribution >= 0.6 is 11.6 Å². The lowest BCUT2D eigenvalue weighted by molar-refractivity contribution is 0.320. The van der Waals surface area contributed by atoms with Gasteiger partial charge in [0.2, 0.25) is 0 Å². The molecule has 4 nitrogen and oxygen atoms in total. The maximum atomic E-state index is 13.2. The van der Waals surface area contributed by atoms with Gasteiger partial charge in [0, 0.05) is 5.56 Å². The summed E-state index contributed by atoms with van der Waals surface area (Å²) in [5.41, 5.74) is 0.576. The number of anilines is 1. The molecule has 6 heteroatoms. The first-order valence-corrected chi connectivity index (χ1v) is 5.82. The highest BCUT2D eigenvalue weighted by atomic mass is 35.5. The first-order chi connectivity index (χ1) is 8.74. The van der Waals surface area contributed by atoms with E-state index in [2.05, 4.69) is 15.3 Å². The fourth-order valence-corrected chi connectivity index (χ4v) is 1.97. The molecule has 0 spiro atoms. The summed E-state index contributed by atoms with van der Waals surface area (Å²) < 4.78 is 18.5. The van der Waals surface area contributed by atoms with E-state index in [-0.39, 0.29) is 11.0 Å². The standard InChI is InChI=1S/C12H9ClFN3O/c13-10-9-12(15-4-5-18-9)17-11(16-10)7-2-1-3-8(14)6-7/h1-3,6H,4-5H2,(H,15,16,17). The zero-order valence-electron chi connectivity index (χ0n) is 9.28. The minimum atomic E-state index is -0.339. The number of benzene rings is 1. The van der Waals surface area contributed by atoms with Gasteiger partial charge in [-0.3, -0.25) is 0 Å². The van der Waals surface area contributed by atoms with E-state index in [1.54, 1.807) is 12.1 Å². The molecule has 1 aromatic carbocycles. The average molecular weight is 266 g/mol. The van der Waals surface area contributed by atoms with Crippen LogP contribution in [-0.4, -0.2) is 23.1 Å². The molecule has 0 saturated heterocycles. The predicted octanol–water partition coefficient (Wildman–Crippen LogP) is 2.74. The van der Waals surface area contributed by atoms with Crippen LogP contribution in [0.3, 0.4) is 0 Å². The molecule has 1 aliphatic heterocycles. The number of nitrogens with one attached hydrogen (secondary N) is 1. The molecule has 1 aromatic heterocycles. The summed E-state index contributed by atoms with van der Waals surface area (Å²) in [4.78, 5) is 8.41. The molecule has 0 radical (unpaired) electrons. The Morgan fingerprint density at radius 3 is 3.06 bits per heavy atom. The van der Waals surface area contributed by atoms with E-state index < -0.39 is 0 Å². The molecule has 0 amide bonds. The molecule has 92 valence electrons. The maximum Gasteiger partial charge on any atom is 0.199 e. The average Bonchev–Trinajstić information content (AvgIpc) is 2.39. The minimum Gasteiger partial charge on any atom is -0.485 e. The first-order valence-electron chi connectivity index (χ1n) is 5.44. The summed E-state index contributed by atoms with van der Waals surface area (Å²) in [6.45, 7) is 1.18. The van der Waals surface area contributed by atoms with Crippen molar-refractivity contribution in [1.29, 1.82) is 0 Å². The van der Waals surface area contributed by atoms with Gasteiger partial charge in [0.1, 0.15) is 12.4 Å². The Morgan fingerprint density at radius 2 is 2.22 bits per heavy atom. The Bertz CT molecular complexity index is 606. The van der Waals surface area contributed by atoms with Crippen LogP contribution in [0.5, 0.6) is 5.75 Å². The zero-order chi connectivity index (χ0) is 12.5. The quantitative estimate of drug-likeness (QED) is 0.806. The van der Waals surface area contributed by atoms with Gasteiger partial charge in [0.25, 0.3) is 0 Å². The van der Waals surface area contributed by atoms with Crippen molar-refractivity contribution in [2.45, 2.75) is 0 Å². The molecule has 2 heterocycles. The van der Waals surface area contributed by atoms with E-state index in [9.17, 15) is 4.39 Å². The van der Waals surface area contributed by atoms with Crippen LogP contribution in [0.2, 0.25) is 5.15 Å². The molecule has 0 unspecified atom stereocenters. The van der Waals surface area contributed by atoms with Crippen LogP contribution in [-0.2, 0) is 0 Å². The number of halogens is 2. The lowest BCUT2D eigenvalue weighted by Crippen LogP contribution is -2.20. The molecule has 1 N–H and O–H groups in total. The SMILES string of the molecule is Fc1cccc(-c2nc(Cl)c3c(n2)NCCO3)c1. The topological polar surface area (TPSA) is 47.0 Å². The van der Waals surface area contributed by atoms with E-state index in [0.29, 0.717) is 36.1 Å². The highest BCUT2D eigenvalue weighted by Gasteiger charge is 2.18. The monoisotopic (exact) mass is 265 g/mol. The number of hydrogen-bond acceptors (Lipinski definition) is 4. The number of ether oxygens (including phenoxy) is 1. The van der Waals surface area contributed by atoms with E-state index in [1.165, 1.54) is 12.1 Å². The number of rotatable bonds is 1. The summed E-state index contributed by atoms with van der Waals surface area (Å²) in [7, 11) is 0. The molecule has 2 aromatic rings. The van der Waals surface area contributed by atoms with Crippen LogP contribution in [0, 0.1) is 5.82 Å². The molecule has 0 saturated carbocycles. The third-order valence-corrected chi connectivity index (χ3v) is 2.80. The van der Waals surface area contributed by atoms with E-state index in [1.807, 2.05) is 0 Å². The van der Waals surface area contributed by atoms with Gasteiger partial charge in [-0.15, -0.1) is 0 Å². The molecule has 18 heavy (non-hydrogen) atoms. The smallest absolute Gasteiger partial charge is 0.199 e. The largest absolute Gasteiger partial charge is 0.485 e. The Morgan fingerprint density at radius 1 is 1.33 bits per heavy atom. The summed E-state index contributed by atoms with van der Waals surface area (Å²) >= 11 is 6.03. The van der Waals surface area contributed by atoms with Crippen LogP contribution in [0.25, 0.3) is 11.4 Å². The Balaban J connectivity index is 2.11. The summed E-state index contributed by atoms with van der Waals surface area (Å²) in [6, 6.07) is 6.06. The third-order valence-electron chi connectivity index (χ3n) is 2.55. The van der Waals surface area contributed by atoms with Gasteiger partial charge in [-0.25, -0.2) is 14.4 Å². The van der Waals surface area contributed by atoms with Crippen molar-refractivity contribution in [3.8, 4) is 17.1 Å². The van der Waals surface area contributed by atoms with Gasteiger partial charge in [0.15, 0.2) is 22.5 Å². The van der Waals surface area contributed by atoms with Crippen molar-refractivity contribution >= 4 is 17.4 Å². The highest BCUT2D eigenvalue weighted by Crippen LogP contribution is 2.34. The third kappa shape index (κ3) is 1.97. The molecule has 0 bridgehead atoms. The van der Waals surface area contributed by atoms with E-state index in [0.717, 1.165) is 0 Å². The van der Waals surface area contributed by atoms with Gasteiger partial charge in [-0.2, -0.15) is 0 Å². The number of fused-ring (bicyclic) bond motifs is 1. The highest BCUT2D eigenvalue weighted by molar-refractivity contribution is 6.31. The zero-order valence-corrected chi connectivity index (χ0v) is 10.0. The van der Waals surface area contributed by atoms with Gasteiger partial charge in [0.05, 0.1) is 6.54 Å². The molecule has 0 aliphatic carbocycles. The van der Waals surface area contributed by atoms with Crippen molar-refractivity contribution in [2.75, 3.05) is 18.5 Å². The predicted molar refractivity (Wildman–Crippen MR) is 66.4 cm³/mol. The molecular weight excluding hydrogens is 257 g/mol. The Kier molecular flexibility index (Phi) is 2.76. The van der Waals surface area contributed by atoms with Crippen LogP contribution in [0.4, 0.5) is 10.2 Å². The second-order valence-corrected chi connectivity index (χ2v) is 4.16. The fraction of sp³-hybridized carbons (Fsp3) is 0.167. The minimum absolute atomic E-state index is 0.228. The summed E-state index contributed by atoms with van der Waals surface area (Å²) in [6.07, 6.45) is 0. The second-order valence-electron chi connectivity index (χ2n) is 3.80. The molecule has 0 fully saturated rings. The van der Waals surface area contributed by atoms with Gasteiger partial charge in [-0.05, 0) is 12.1 Å². The van der Waals surface area contributed by atoms with Crippen LogP contribution in [0.15, 0.2) is 24.3 Å². The molecule has 0 atom stereocenters. The number of aromatic nitrogens is 2. The van der Waals surface area contributed by atoms with Crippen LogP contribution in [0.1, 0.15) is 0 Å². The Hall–Kier alpha value is -1.88. The van der Waals surface area contributed by atoms with Crippen molar-refractivity contribution in [3.63, 3.8) is 0 Å². The second kappa shape index (κ2) is 4.42. The number of hydrogen-bond donors (Lipinski definition) is 1. The Labute approximate surface area is 108 Å². The first kappa shape index (κ1) is 11.2. The summed E-state index contributed by atoms with van der Waals surface area (Å²) in [5.74, 6) is 1.02. The fourth-order valence-electron chi connectivity index (χ4n) is 1.75. The van der Waals surface area contributed by atoms with Crippen molar-refractivity contribution in [1.82, 2.24) is 9.97 Å². The van der Waals surface area contributed by atoms with Crippen molar-refractivity contribution in [3.05, 3.63) is 35.2 Å². The molecule has 1 aliphatic rings. The van der Waals surface area contributed by atoms with Crippen molar-refractivity contribution < 1.29 is 9.13 Å². The summed E-state index contributed by atoms with van der Waals surface area (Å²) in [5, 5.41) is 3.30. The van der Waals surface area contributed by atoms with Gasteiger partial charge in [-0.1, -0.05) is 23.7 Å². The van der Waals surface area contributed by atoms with Gasteiger partial charge < -0.3 is 10.1 Å². The maximum absolute atomic E-state index is 13.2. The molecule has 3 rings (SSSR count). The number of nitrogens with zero attached hydrogens (tertiary/aromatic N) is 2.